The Balaban J connectivity index is 1.71. The molecule has 0 aliphatic rings. The first-order chi connectivity index (χ1) is 14.3. The number of nitrogens with one attached hydrogen (secondary N) is 1. The van der Waals surface area contributed by atoms with Gasteiger partial charge in [-0.2, -0.15) is 13.2 Å². The molecular formula is C23H21F3N2O2. The number of amides is 2. The maximum absolute atomic E-state index is 13.1. The molecule has 0 heterocycles. The van der Waals surface area contributed by atoms with Gasteiger partial charge in [0.1, 0.15) is 0 Å². The van der Waals surface area contributed by atoms with E-state index in [1.165, 1.54) is 23.1 Å². The van der Waals surface area contributed by atoms with E-state index in [0.717, 1.165) is 22.4 Å². The first kappa shape index (κ1) is 21.4. The van der Waals surface area contributed by atoms with Gasteiger partial charge in [-0.15, -0.1) is 0 Å². The topological polar surface area (TPSA) is 49.4 Å². The summed E-state index contributed by atoms with van der Waals surface area (Å²) in [5.74, 6) is -0.951. The van der Waals surface area contributed by atoms with E-state index in [1.807, 2.05) is 42.5 Å². The number of hydrogen-bond donors (Lipinski definition) is 1. The maximum atomic E-state index is 13.1. The molecule has 0 bridgehead atoms. The van der Waals surface area contributed by atoms with Gasteiger partial charge in [0.25, 0.3) is 0 Å². The van der Waals surface area contributed by atoms with Crippen LogP contribution in [-0.4, -0.2) is 29.8 Å². The minimum Gasteiger partial charge on any atom is -0.333 e. The molecule has 0 atom stereocenters. The molecule has 0 spiro atoms. The van der Waals surface area contributed by atoms with Gasteiger partial charge in [0.15, 0.2) is 0 Å². The summed E-state index contributed by atoms with van der Waals surface area (Å²) in [6.45, 7) is 1.65. The summed E-state index contributed by atoms with van der Waals surface area (Å²) in [5, 5.41) is 4.24. The van der Waals surface area contributed by atoms with Crippen molar-refractivity contribution in [1.29, 1.82) is 0 Å². The number of carbonyl (C=O) groups is 2. The van der Waals surface area contributed by atoms with Crippen LogP contribution in [-0.2, 0) is 22.2 Å². The van der Waals surface area contributed by atoms with Gasteiger partial charge in [0.05, 0.1) is 24.2 Å². The zero-order chi connectivity index (χ0) is 21.7. The molecule has 0 saturated heterocycles. The van der Waals surface area contributed by atoms with E-state index in [-0.39, 0.29) is 31.1 Å². The molecule has 0 aromatic heterocycles. The van der Waals surface area contributed by atoms with Crippen molar-refractivity contribution < 1.29 is 22.8 Å². The van der Waals surface area contributed by atoms with Gasteiger partial charge in [-0.3, -0.25) is 9.59 Å². The molecule has 0 radical (unpaired) electrons. The molecule has 7 heteroatoms. The van der Waals surface area contributed by atoms with E-state index < -0.39 is 17.6 Å². The SMILES string of the molecule is CCN(CC(=O)Nc1ccccc1C(F)(F)F)C(=O)Cc1cccc2ccccc12. The van der Waals surface area contributed by atoms with Gasteiger partial charge in [-0.1, -0.05) is 54.6 Å². The lowest BCUT2D eigenvalue weighted by atomic mass is 10.0. The van der Waals surface area contributed by atoms with Gasteiger partial charge < -0.3 is 10.2 Å². The zero-order valence-electron chi connectivity index (χ0n) is 16.4. The molecular weight excluding hydrogens is 393 g/mol. The fraction of sp³-hybridized carbons (Fsp3) is 0.217. The summed E-state index contributed by atoms with van der Waals surface area (Å²) < 4.78 is 39.3. The standard InChI is InChI=1S/C23H21F3N2O2/c1-2-28(15-21(29)27-20-13-6-5-12-19(20)23(24,25)26)22(30)14-17-10-7-9-16-8-3-4-11-18(16)17/h3-13H,2,14-15H2,1H3,(H,27,29). The van der Waals surface area contributed by atoms with Crippen LogP contribution < -0.4 is 5.32 Å². The average Bonchev–Trinajstić information content (AvgIpc) is 2.72. The number of likely N-dealkylation sites (N-methyl/N-ethyl adjacent to an activating group) is 1. The molecule has 3 aromatic carbocycles. The Morgan fingerprint density at radius 1 is 0.933 bits per heavy atom. The molecule has 2 amide bonds. The van der Waals surface area contributed by atoms with Crippen LogP contribution in [0.1, 0.15) is 18.1 Å². The smallest absolute Gasteiger partial charge is 0.333 e. The number of carbonyl (C=O) groups excluding carboxylic acids is 2. The minimum absolute atomic E-state index is 0.0988. The highest BCUT2D eigenvalue weighted by molar-refractivity contribution is 5.96. The van der Waals surface area contributed by atoms with E-state index in [9.17, 15) is 22.8 Å². The van der Waals surface area contributed by atoms with E-state index in [0.29, 0.717) is 0 Å². The van der Waals surface area contributed by atoms with Crippen LogP contribution in [0.4, 0.5) is 18.9 Å². The molecule has 0 saturated carbocycles. The van der Waals surface area contributed by atoms with Crippen molar-refractivity contribution in [3.63, 3.8) is 0 Å². The number of benzene rings is 3. The normalized spacial score (nSPS) is 11.3. The molecule has 30 heavy (non-hydrogen) atoms. The lowest BCUT2D eigenvalue weighted by Crippen LogP contribution is -2.39. The average molecular weight is 414 g/mol. The van der Waals surface area contributed by atoms with Gasteiger partial charge in [0.2, 0.25) is 11.8 Å². The van der Waals surface area contributed by atoms with Crippen LogP contribution in [0.5, 0.6) is 0 Å². The molecule has 0 aliphatic heterocycles. The Hall–Kier alpha value is -3.35. The quantitative estimate of drug-likeness (QED) is 0.625. The van der Waals surface area contributed by atoms with Crippen LogP contribution in [0.15, 0.2) is 66.7 Å². The van der Waals surface area contributed by atoms with Crippen LogP contribution in [0.25, 0.3) is 10.8 Å². The number of para-hydroxylation sites is 1. The highest BCUT2D eigenvalue weighted by Crippen LogP contribution is 2.34. The van der Waals surface area contributed by atoms with E-state index in [4.69, 9.17) is 0 Å². The summed E-state index contributed by atoms with van der Waals surface area (Å²) in [5.41, 5.74) is -0.421. The fourth-order valence-corrected chi connectivity index (χ4v) is 3.30. The van der Waals surface area contributed by atoms with E-state index in [2.05, 4.69) is 5.32 Å². The second kappa shape index (κ2) is 8.98. The Morgan fingerprint density at radius 3 is 2.33 bits per heavy atom. The van der Waals surface area contributed by atoms with Crippen LogP contribution in [0.3, 0.4) is 0 Å². The number of alkyl halides is 3. The fourth-order valence-electron chi connectivity index (χ4n) is 3.30. The van der Waals surface area contributed by atoms with Crippen molar-refractivity contribution in [3.05, 3.63) is 77.9 Å². The highest BCUT2D eigenvalue weighted by Gasteiger charge is 2.33. The first-order valence-electron chi connectivity index (χ1n) is 9.50. The zero-order valence-corrected chi connectivity index (χ0v) is 16.4. The molecule has 0 fully saturated rings. The van der Waals surface area contributed by atoms with Crippen molar-refractivity contribution >= 4 is 28.3 Å². The van der Waals surface area contributed by atoms with E-state index >= 15 is 0 Å². The molecule has 0 aliphatic carbocycles. The number of fused-ring (bicyclic) bond motifs is 1. The third kappa shape index (κ3) is 4.97. The first-order valence-corrected chi connectivity index (χ1v) is 9.50. The summed E-state index contributed by atoms with van der Waals surface area (Å²) in [4.78, 5) is 26.5. The summed E-state index contributed by atoms with van der Waals surface area (Å²) in [7, 11) is 0. The largest absolute Gasteiger partial charge is 0.418 e. The Morgan fingerprint density at radius 2 is 1.60 bits per heavy atom. The van der Waals surface area contributed by atoms with Gasteiger partial charge >= 0.3 is 6.18 Å². The predicted molar refractivity (Wildman–Crippen MR) is 110 cm³/mol. The number of nitrogens with zero attached hydrogens (tertiary/aromatic N) is 1. The molecule has 0 unspecified atom stereocenters. The number of hydrogen-bond acceptors (Lipinski definition) is 2. The molecule has 1 N–H and O–H groups in total. The molecule has 156 valence electrons. The van der Waals surface area contributed by atoms with Crippen LogP contribution >= 0.6 is 0 Å². The lowest BCUT2D eigenvalue weighted by Gasteiger charge is -2.21. The Bertz CT molecular complexity index is 1060. The Labute approximate surface area is 172 Å². The third-order valence-corrected chi connectivity index (χ3v) is 4.80. The molecule has 4 nitrogen and oxygen atoms in total. The number of halogens is 3. The van der Waals surface area contributed by atoms with Gasteiger partial charge in [0, 0.05) is 6.54 Å². The van der Waals surface area contributed by atoms with Crippen molar-refractivity contribution in [3.8, 4) is 0 Å². The lowest BCUT2D eigenvalue weighted by molar-refractivity contribution is -0.137. The predicted octanol–water partition coefficient (Wildman–Crippen LogP) is 4.89. The summed E-state index contributed by atoms with van der Waals surface area (Å²) >= 11 is 0. The number of rotatable bonds is 6. The highest BCUT2D eigenvalue weighted by atomic mass is 19.4. The van der Waals surface area contributed by atoms with Crippen LogP contribution in [0, 0.1) is 0 Å². The second-order valence-electron chi connectivity index (χ2n) is 6.81. The van der Waals surface area contributed by atoms with Gasteiger partial charge in [-0.05, 0) is 35.4 Å². The molecule has 3 aromatic rings. The van der Waals surface area contributed by atoms with E-state index in [1.54, 1.807) is 6.92 Å². The monoisotopic (exact) mass is 414 g/mol. The maximum Gasteiger partial charge on any atom is 0.418 e. The van der Waals surface area contributed by atoms with Crippen molar-refractivity contribution in [1.82, 2.24) is 4.90 Å². The summed E-state index contributed by atoms with van der Waals surface area (Å²) in [6.07, 6.45) is -4.49. The third-order valence-electron chi connectivity index (χ3n) is 4.80. The second-order valence-corrected chi connectivity index (χ2v) is 6.81. The summed E-state index contributed by atoms with van der Waals surface area (Å²) in [6, 6.07) is 18.1. The van der Waals surface area contributed by atoms with Gasteiger partial charge in [-0.25, -0.2) is 0 Å². The number of anilines is 1. The van der Waals surface area contributed by atoms with Crippen molar-refractivity contribution in [2.45, 2.75) is 19.5 Å². The minimum atomic E-state index is -4.58. The Kier molecular flexibility index (Phi) is 6.40. The van der Waals surface area contributed by atoms with Crippen molar-refractivity contribution in [2.75, 3.05) is 18.4 Å². The van der Waals surface area contributed by atoms with Crippen molar-refractivity contribution in [2.24, 2.45) is 0 Å². The molecule has 3 rings (SSSR count). The van der Waals surface area contributed by atoms with Crippen LogP contribution in [0.2, 0.25) is 0 Å².